The van der Waals surface area contributed by atoms with Crippen molar-refractivity contribution in [3.63, 3.8) is 0 Å². The third-order valence-corrected chi connectivity index (χ3v) is 6.98. The number of piperidine rings is 1. The first-order valence-electron chi connectivity index (χ1n) is 12.6. The predicted molar refractivity (Wildman–Crippen MR) is 141 cm³/mol. The van der Waals surface area contributed by atoms with Gasteiger partial charge in [0, 0.05) is 56.7 Å². The van der Waals surface area contributed by atoms with Gasteiger partial charge in [-0.1, -0.05) is 36.4 Å². The maximum absolute atomic E-state index is 13.3. The standard InChI is InChI=1S/C28H32N6O2/c1-32-15-17-33(18-16-32)23-12-13-29-25(19-23)28(36)34-14-6-9-22(20-34)27(35)31-26-11-5-10-24(30-26)21-7-3-2-4-8-21/h2-5,7-8,10-13,19,22H,6,9,14-18,20H2,1H3,(H,30,31,35)/t22-/m0/s1. The zero-order chi connectivity index (χ0) is 24.9. The van der Waals surface area contributed by atoms with Crippen LogP contribution in [-0.2, 0) is 4.79 Å². The van der Waals surface area contributed by atoms with Crippen molar-refractivity contribution < 1.29 is 9.59 Å². The van der Waals surface area contributed by atoms with Crippen LogP contribution < -0.4 is 10.2 Å². The van der Waals surface area contributed by atoms with Gasteiger partial charge in [0.1, 0.15) is 11.5 Å². The van der Waals surface area contributed by atoms with E-state index in [1.807, 2.05) is 54.6 Å². The van der Waals surface area contributed by atoms with Crippen LogP contribution in [0.5, 0.6) is 0 Å². The fourth-order valence-electron chi connectivity index (χ4n) is 4.84. The third-order valence-electron chi connectivity index (χ3n) is 6.98. The summed E-state index contributed by atoms with van der Waals surface area (Å²) in [6.45, 7) is 4.86. The highest BCUT2D eigenvalue weighted by molar-refractivity contribution is 5.95. The van der Waals surface area contributed by atoms with Crippen LogP contribution in [0.1, 0.15) is 23.3 Å². The Morgan fingerprint density at radius 2 is 1.75 bits per heavy atom. The molecule has 2 fully saturated rings. The molecule has 1 N–H and O–H groups in total. The van der Waals surface area contributed by atoms with Crippen LogP contribution >= 0.6 is 0 Å². The van der Waals surface area contributed by atoms with E-state index in [9.17, 15) is 9.59 Å². The van der Waals surface area contributed by atoms with E-state index in [2.05, 4.69) is 32.1 Å². The SMILES string of the molecule is CN1CCN(c2ccnc(C(=O)N3CCC[C@H](C(=O)Nc4cccc(-c5ccccc5)n4)C3)c2)CC1. The summed E-state index contributed by atoms with van der Waals surface area (Å²) in [4.78, 5) is 41.7. The summed E-state index contributed by atoms with van der Waals surface area (Å²) >= 11 is 0. The smallest absolute Gasteiger partial charge is 0.272 e. The molecule has 0 unspecified atom stereocenters. The van der Waals surface area contributed by atoms with Gasteiger partial charge in [-0.05, 0) is 44.2 Å². The molecule has 8 nitrogen and oxygen atoms in total. The number of aromatic nitrogens is 2. The van der Waals surface area contributed by atoms with Crippen LogP contribution in [0.25, 0.3) is 11.3 Å². The molecule has 186 valence electrons. The minimum atomic E-state index is -0.286. The first kappa shape index (κ1) is 23.9. The number of piperazine rings is 1. The normalized spacial score (nSPS) is 18.6. The quantitative estimate of drug-likeness (QED) is 0.598. The summed E-state index contributed by atoms with van der Waals surface area (Å²) in [5.41, 5.74) is 3.26. The number of carbonyl (C=O) groups excluding carboxylic acids is 2. The zero-order valence-corrected chi connectivity index (χ0v) is 20.6. The van der Waals surface area contributed by atoms with E-state index in [1.54, 1.807) is 17.2 Å². The molecule has 5 rings (SSSR count). The number of rotatable bonds is 5. The van der Waals surface area contributed by atoms with Crippen molar-refractivity contribution >= 4 is 23.3 Å². The highest BCUT2D eigenvalue weighted by atomic mass is 16.2. The molecule has 0 aliphatic carbocycles. The van der Waals surface area contributed by atoms with E-state index in [4.69, 9.17) is 0 Å². The molecular formula is C28H32N6O2. The van der Waals surface area contributed by atoms with Gasteiger partial charge < -0.3 is 20.0 Å². The number of pyridine rings is 2. The van der Waals surface area contributed by atoms with Gasteiger partial charge >= 0.3 is 0 Å². The van der Waals surface area contributed by atoms with Crippen LogP contribution in [0, 0.1) is 5.92 Å². The van der Waals surface area contributed by atoms with Crippen LogP contribution in [0.3, 0.4) is 0 Å². The molecule has 2 aromatic heterocycles. The van der Waals surface area contributed by atoms with Crippen LogP contribution in [0.15, 0.2) is 66.9 Å². The van der Waals surface area contributed by atoms with Gasteiger partial charge in [0.15, 0.2) is 0 Å². The summed E-state index contributed by atoms with van der Waals surface area (Å²) in [6, 6.07) is 19.3. The van der Waals surface area contributed by atoms with Crippen LogP contribution in [0.2, 0.25) is 0 Å². The molecule has 0 spiro atoms. The number of likely N-dealkylation sites (N-methyl/N-ethyl adjacent to an activating group) is 1. The molecule has 4 heterocycles. The average Bonchev–Trinajstić information content (AvgIpc) is 2.94. The Morgan fingerprint density at radius 1 is 0.944 bits per heavy atom. The van der Waals surface area contributed by atoms with Gasteiger partial charge in [-0.3, -0.25) is 14.6 Å². The molecule has 2 amide bonds. The topological polar surface area (TPSA) is 81.7 Å². The number of anilines is 2. The highest BCUT2D eigenvalue weighted by Gasteiger charge is 2.30. The van der Waals surface area contributed by atoms with Crippen molar-refractivity contribution in [2.75, 3.05) is 56.5 Å². The molecule has 1 atom stereocenters. The zero-order valence-electron chi connectivity index (χ0n) is 20.6. The molecule has 8 heteroatoms. The Morgan fingerprint density at radius 3 is 2.56 bits per heavy atom. The van der Waals surface area contributed by atoms with E-state index >= 15 is 0 Å². The van der Waals surface area contributed by atoms with Gasteiger partial charge in [-0.2, -0.15) is 0 Å². The van der Waals surface area contributed by atoms with E-state index in [0.29, 0.717) is 24.6 Å². The number of nitrogens with one attached hydrogen (secondary N) is 1. The summed E-state index contributed by atoms with van der Waals surface area (Å²) in [5.74, 6) is 0.00841. The van der Waals surface area contributed by atoms with Crippen molar-refractivity contribution in [3.8, 4) is 11.3 Å². The summed E-state index contributed by atoms with van der Waals surface area (Å²) < 4.78 is 0. The minimum Gasteiger partial charge on any atom is -0.369 e. The number of hydrogen-bond donors (Lipinski definition) is 1. The summed E-state index contributed by atoms with van der Waals surface area (Å²) in [5, 5.41) is 2.96. The van der Waals surface area contributed by atoms with Crippen molar-refractivity contribution in [2.45, 2.75) is 12.8 Å². The van der Waals surface area contributed by atoms with Gasteiger partial charge in [0.05, 0.1) is 11.6 Å². The molecular weight excluding hydrogens is 452 g/mol. The Kier molecular flexibility index (Phi) is 7.23. The lowest BCUT2D eigenvalue weighted by Gasteiger charge is -2.34. The molecule has 1 aromatic carbocycles. The lowest BCUT2D eigenvalue weighted by Crippen LogP contribution is -2.45. The maximum Gasteiger partial charge on any atom is 0.272 e. The molecule has 0 saturated carbocycles. The highest BCUT2D eigenvalue weighted by Crippen LogP contribution is 2.23. The van der Waals surface area contributed by atoms with Crippen molar-refractivity contribution in [1.29, 1.82) is 0 Å². The molecule has 2 aliphatic rings. The molecule has 2 saturated heterocycles. The van der Waals surface area contributed by atoms with Gasteiger partial charge in [-0.15, -0.1) is 0 Å². The van der Waals surface area contributed by atoms with E-state index in [-0.39, 0.29) is 17.7 Å². The second-order valence-corrected chi connectivity index (χ2v) is 9.54. The molecule has 0 bridgehead atoms. The van der Waals surface area contributed by atoms with Crippen LogP contribution in [0.4, 0.5) is 11.5 Å². The van der Waals surface area contributed by atoms with E-state index in [0.717, 1.165) is 56.0 Å². The predicted octanol–water partition coefficient (Wildman–Crippen LogP) is 3.39. The number of likely N-dealkylation sites (tertiary alicyclic amines) is 1. The Labute approximate surface area is 212 Å². The third kappa shape index (κ3) is 5.54. The fourth-order valence-corrected chi connectivity index (χ4v) is 4.84. The van der Waals surface area contributed by atoms with Gasteiger partial charge in [-0.25, -0.2) is 4.98 Å². The Balaban J connectivity index is 1.23. The molecule has 2 aliphatic heterocycles. The molecule has 0 radical (unpaired) electrons. The van der Waals surface area contributed by atoms with Crippen molar-refractivity contribution in [2.24, 2.45) is 5.92 Å². The second-order valence-electron chi connectivity index (χ2n) is 9.54. The van der Waals surface area contributed by atoms with E-state index in [1.165, 1.54) is 0 Å². The average molecular weight is 485 g/mol. The fraction of sp³-hybridized carbons (Fsp3) is 0.357. The minimum absolute atomic E-state index is 0.107. The van der Waals surface area contributed by atoms with Crippen molar-refractivity contribution in [1.82, 2.24) is 19.8 Å². The van der Waals surface area contributed by atoms with Crippen molar-refractivity contribution in [3.05, 3.63) is 72.6 Å². The number of amides is 2. The first-order chi connectivity index (χ1) is 17.6. The van der Waals surface area contributed by atoms with Crippen LogP contribution in [-0.4, -0.2) is 77.9 Å². The number of hydrogen-bond acceptors (Lipinski definition) is 6. The lowest BCUT2D eigenvalue weighted by atomic mass is 9.96. The summed E-state index contributed by atoms with van der Waals surface area (Å²) in [6.07, 6.45) is 3.22. The Hall–Kier alpha value is -3.78. The number of carbonyl (C=O) groups is 2. The number of nitrogens with zero attached hydrogens (tertiary/aromatic N) is 5. The largest absolute Gasteiger partial charge is 0.369 e. The van der Waals surface area contributed by atoms with Gasteiger partial charge in [0.2, 0.25) is 5.91 Å². The monoisotopic (exact) mass is 484 g/mol. The summed E-state index contributed by atoms with van der Waals surface area (Å²) in [7, 11) is 2.12. The Bertz CT molecular complexity index is 1210. The molecule has 36 heavy (non-hydrogen) atoms. The lowest BCUT2D eigenvalue weighted by molar-refractivity contribution is -0.121. The molecule has 3 aromatic rings. The maximum atomic E-state index is 13.3. The second kappa shape index (κ2) is 10.9. The number of benzene rings is 1. The van der Waals surface area contributed by atoms with Gasteiger partial charge in [0.25, 0.3) is 5.91 Å². The first-order valence-corrected chi connectivity index (χ1v) is 12.6. The van der Waals surface area contributed by atoms with E-state index < -0.39 is 0 Å².